The number of pyridine rings is 1. The van der Waals surface area contributed by atoms with Crippen molar-refractivity contribution in [3.63, 3.8) is 0 Å². The van der Waals surface area contributed by atoms with Gasteiger partial charge in [-0.15, -0.1) is 0 Å². The van der Waals surface area contributed by atoms with E-state index in [9.17, 15) is 0 Å². The first-order valence-corrected chi connectivity index (χ1v) is 8.26. The molecule has 7 nitrogen and oxygen atoms in total. The van der Waals surface area contributed by atoms with Crippen molar-refractivity contribution in [2.45, 2.75) is 25.8 Å². The van der Waals surface area contributed by atoms with Crippen LogP contribution in [-0.4, -0.2) is 53.1 Å². The van der Waals surface area contributed by atoms with Crippen LogP contribution in [0, 0.1) is 6.92 Å². The summed E-state index contributed by atoms with van der Waals surface area (Å²) >= 11 is 0. The Kier molecular flexibility index (Phi) is 4.80. The number of hydrogen-bond donors (Lipinski definition) is 2. The van der Waals surface area contributed by atoms with Gasteiger partial charge in [0.25, 0.3) is 0 Å². The first-order chi connectivity index (χ1) is 11.5. The Labute approximate surface area is 142 Å². The predicted molar refractivity (Wildman–Crippen MR) is 97.6 cm³/mol. The van der Waals surface area contributed by atoms with Gasteiger partial charge in [0.15, 0.2) is 11.6 Å². The molecule has 0 amide bonds. The lowest BCUT2D eigenvalue weighted by atomic mass is 10.0. The molecule has 0 aromatic carbocycles. The fourth-order valence-electron chi connectivity index (χ4n) is 3.05. The molecule has 2 aromatic rings. The molecule has 1 saturated heterocycles. The van der Waals surface area contributed by atoms with E-state index < -0.39 is 0 Å². The molecule has 0 radical (unpaired) electrons. The summed E-state index contributed by atoms with van der Waals surface area (Å²) in [6.07, 6.45) is 5.53. The van der Waals surface area contributed by atoms with Gasteiger partial charge in [-0.3, -0.25) is 0 Å². The predicted octanol–water partition coefficient (Wildman–Crippen LogP) is 2.04. The summed E-state index contributed by atoms with van der Waals surface area (Å²) in [5, 5.41) is 3.20. The molecule has 2 aromatic heterocycles. The van der Waals surface area contributed by atoms with Crippen molar-refractivity contribution < 1.29 is 0 Å². The number of piperidine rings is 1. The average Bonchev–Trinajstić information content (AvgIpc) is 2.57. The lowest BCUT2D eigenvalue weighted by Gasteiger charge is -2.36. The molecule has 7 heteroatoms. The number of nitrogens with two attached hydrogens (primary N) is 1. The number of aromatic nitrogens is 3. The molecule has 3 N–H and O–H groups in total. The molecule has 0 saturated carbocycles. The summed E-state index contributed by atoms with van der Waals surface area (Å²) < 4.78 is 0. The van der Waals surface area contributed by atoms with Gasteiger partial charge in [-0.05, 0) is 57.6 Å². The molecule has 1 aliphatic rings. The molecule has 0 spiro atoms. The Morgan fingerprint density at radius 3 is 2.71 bits per heavy atom. The molecular formula is C17H25N7. The van der Waals surface area contributed by atoms with Crippen molar-refractivity contribution in [3.05, 3.63) is 30.2 Å². The summed E-state index contributed by atoms with van der Waals surface area (Å²) in [5.41, 5.74) is 8.02. The highest BCUT2D eigenvalue weighted by molar-refractivity contribution is 5.77. The smallest absolute Gasteiger partial charge is 0.160 e. The maximum absolute atomic E-state index is 6.34. The third kappa shape index (κ3) is 3.56. The lowest BCUT2D eigenvalue weighted by Crippen LogP contribution is -2.42. The molecule has 128 valence electrons. The molecule has 1 aliphatic heterocycles. The van der Waals surface area contributed by atoms with Crippen molar-refractivity contribution in [1.82, 2.24) is 19.9 Å². The maximum Gasteiger partial charge on any atom is 0.160 e. The van der Waals surface area contributed by atoms with Crippen molar-refractivity contribution in [3.8, 4) is 0 Å². The molecular weight excluding hydrogens is 302 g/mol. The second-order valence-electron chi connectivity index (χ2n) is 6.45. The zero-order valence-electron chi connectivity index (χ0n) is 14.5. The zero-order chi connectivity index (χ0) is 17.1. The third-order valence-corrected chi connectivity index (χ3v) is 4.59. The molecule has 3 heterocycles. The maximum atomic E-state index is 6.34. The van der Waals surface area contributed by atoms with E-state index in [-0.39, 0.29) is 0 Å². The van der Waals surface area contributed by atoms with Crippen LogP contribution in [0.3, 0.4) is 0 Å². The van der Waals surface area contributed by atoms with Gasteiger partial charge in [0.2, 0.25) is 0 Å². The van der Waals surface area contributed by atoms with E-state index in [0.29, 0.717) is 17.5 Å². The second kappa shape index (κ2) is 7.00. The van der Waals surface area contributed by atoms with E-state index in [0.717, 1.165) is 43.1 Å². The largest absolute Gasteiger partial charge is 0.393 e. The van der Waals surface area contributed by atoms with Crippen LogP contribution in [0.15, 0.2) is 24.7 Å². The summed E-state index contributed by atoms with van der Waals surface area (Å²) in [6.45, 7) is 4.21. The highest BCUT2D eigenvalue weighted by Gasteiger charge is 2.23. The molecule has 0 atom stereocenters. The molecule has 0 bridgehead atoms. The second-order valence-corrected chi connectivity index (χ2v) is 6.45. The van der Waals surface area contributed by atoms with Crippen molar-refractivity contribution >= 4 is 23.1 Å². The van der Waals surface area contributed by atoms with Gasteiger partial charge in [-0.2, -0.15) is 0 Å². The average molecular weight is 327 g/mol. The van der Waals surface area contributed by atoms with E-state index >= 15 is 0 Å². The van der Waals surface area contributed by atoms with Gasteiger partial charge < -0.3 is 20.9 Å². The Morgan fingerprint density at radius 1 is 1.25 bits per heavy atom. The number of hydrogen-bond acceptors (Lipinski definition) is 7. The van der Waals surface area contributed by atoms with E-state index in [1.807, 2.05) is 19.1 Å². The number of nitrogens with one attached hydrogen (secondary N) is 1. The lowest BCUT2D eigenvalue weighted by molar-refractivity contribution is 0.252. The monoisotopic (exact) mass is 327 g/mol. The SMILES string of the molecule is Cc1ccnc(Nc2ncnc(N(C)C3CCN(C)CC3)c2N)c1. The molecule has 1 fully saturated rings. The minimum absolute atomic E-state index is 0.448. The number of anilines is 4. The van der Waals surface area contributed by atoms with Gasteiger partial charge in [-0.25, -0.2) is 15.0 Å². The highest BCUT2D eigenvalue weighted by atomic mass is 15.2. The highest BCUT2D eigenvalue weighted by Crippen LogP contribution is 2.30. The van der Waals surface area contributed by atoms with Crippen LogP contribution in [-0.2, 0) is 0 Å². The molecule has 3 rings (SSSR count). The standard InChI is InChI=1S/C17H25N7/c1-12-4-7-19-14(10-12)22-16-15(18)17(21-11-20-16)24(3)13-5-8-23(2)9-6-13/h4,7,10-11,13H,5-6,8-9,18H2,1-3H3,(H,19,20,21,22). The van der Waals surface area contributed by atoms with Gasteiger partial charge in [-0.1, -0.05) is 0 Å². The Morgan fingerprint density at radius 2 is 2.00 bits per heavy atom. The normalized spacial score (nSPS) is 16.1. The van der Waals surface area contributed by atoms with Crippen LogP contribution in [0.1, 0.15) is 18.4 Å². The fraction of sp³-hybridized carbons (Fsp3) is 0.471. The Bertz CT molecular complexity index is 695. The number of rotatable bonds is 4. The van der Waals surface area contributed by atoms with Crippen LogP contribution >= 0.6 is 0 Å². The number of nitrogen functional groups attached to an aromatic ring is 1. The first-order valence-electron chi connectivity index (χ1n) is 8.26. The van der Waals surface area contributed by atoms with Gasteiger partial charge >= 0.3 is 0 Å². The third-order valence-electron chi connectivity index (χ3n) is 4.59. The number of likely N-dealkylation sites (tertiary alicyclic amines) is 1. The summed E-state index contributed by atoms with van der Waals surface area (Å²) in [4.78, 5) is 17.5. The quantitative estimate of drug-likeness (QED) is 0.889. The van der Waals surface area contributed by atoms with Gasteiger partial charge in [0, 0.05) is 19.3 Å². The topological polar surface area (TPSA) is 83.2 Å². The van der Waals surface area contributed by atoms with Crippen LogP contribution in [0.2, 0.25) is 0 Å². The Balaban J connectivity index is 1.80. The molecule has 0 unspecified atom stereocenters. The molecule has 24 heavy (non-hydrogen) atoms. The fourth-order valence-corrected chi connectivity index (χ4v) is 3.05. The summed E-state index contributed by atoms with van der Waals surface area (Å²) in [7, 11) is 4.22. The summed E-state index contributed by atoms with van der Waals surface area (Å²) in [5.74, 6) is 2.10. The van der Waals surface area contributed by atoms with Crippen LogP contribution < -0.4 is 16.0 Å². The van der Waals surface area contributed by atoms with Crippen LogP contribution in [0.4, 0.5) is 23.1 Å². The number of aryl methyl sites for hydroxylation is 1. The van der Waals surface area contributed by atoms with Crippen molar-refractivity contribution in [2.24, 2.45) is 0 Å². The van der Waals surface area contributed by atoms with E-state index in [2.05, 4.69) is 44.2 Å². The van der Waals surface area contributed by atoms with Crippen molar-refractivity contribution in [2.75, 3.05) is 43.1 Å². The minimum atomic E-state index is 0.448. The summed E-state index contributed by atoms with van der Waals surface area (Å²) in [6, 6.07) is 4.36. The van der Waals surface area contributed by atoms with E-state index in [1.54, 1.807) is 12.5 Å². The van der Waals surface area contributed by atoms with Crippen LogP contribution in [0.5, 0.6) is 0 Å². The molecule has 0 aliphatic carbocycles. The zero-order valence-corrected chi connectivity index (χ0v) is 14.5. The van der Waals surface area contributed by atoms with E-state index in [4.69, 9.17) is 5.73 Å². The van der Waals surface area contributed by atoms with Crippen LogP contribution in [0.25, 0.3) is 0 Å². The van der Waals surface area contributed by atoms with Crippen molar-refractivity contribution in [1.29, 1.82) is 0 Å². The number of nitrogens with zero attached hydrogens (tertiary/aromatic N) is 5. The Hall–Kier alpha value is -2.41. The van der Waals surface area contributed by atoms with E-state index in [1.165, 1.54) is 0 Å². The van der Waals surface area contributed by atoms with Gasteiger partial charge in [0.05, 0.1) is 0 Å². The minimum Gasteiger partial charge on any atom is -0.393 e. The van der Waals surface area contributed by atoms with Gasteiger partial charge in [0.1, 0.15) is 17.8 Å². The first kappa shape index (κ1) is 16.4.